The number of fused-ring (bicyclic) bond motifs is 1. The lowest BCUT2D eigenvalue weighted by Gasteiger charge is -2.28. The zero-order valence-corrected chi connectivity index (χ0v) is 17.9. The third-order valence-electron chi connectivity index (χ3n) is 4.67. The maximum atomic E-state index is 5.63. The van der Waals surface area contributed by atoms with Crippen LogP contribution in [-0.2, 0) is 4.74 Å². The number of aromatic nitrogens is 4. The Balaban J connectivity index is 0.00000106. The van der Waals surface area contributed by atoms with Crippen molar-refractivity contribution in [1.82, 2.24) is 19.9 Å². The molecule has 7 nitrogen and oxygen atoms in total. The minimum Gasteiger partial charge on any atom is -0.378 e. The van der Waals surface area contributed by atoms with Crippen LogP contribution in [0.1, 0.15) is 13.8 Å². The molecule has 3 aromatic heterocycles. The largest absolute Gasteiger partial charge is 0.378 e. The number of rotatable bonds is 3. The molecule has 5 rings (SSSR count). The molecular weight excluding hydrogens is 396 g/mol. The van der Waals surface area contributed by atoms with Gasteiger partial charge in [-0.1, -0.05) is 44.2 Å². The molecule has 1 saturated heterocycles. The van der Waals surface area contributed by atoms with Crippen LogP contribution in [0, 0.1) is 0 Å². The van der Waals surface area contributed by atoms with Crippen LogP contribution < -0.4 is 10.6 Å². The van der Waals surface area contributed by atoms with Gasteiger partial charge in [-0.05, 0) is 11.6 Å². The van der Waals surface area contributed by atoms with E-state index >= 15 is 0 Å². The molecule has 1 aliphatic rings. The fourth-order valence-electron chi connectivity index (χ4n) is 3.25. The zero-order valence-electron chi connectivity index (χ0n) is 17.1. The average molecular weight is 421 g/mol. The summed E-state index contributed by atoms with van der Waals surface area (Å²) in [6.07, 6.45) is 3.33. The number of ether oxygens (including phenoxy) is 1. The number of nitrogens with zero attached hydrogens (tertiary/aromatic N) is 5. The summed E-state index contributed by atoms with van der Waals surface area (Å²) >= 11 is 1.67. The van der Waals surface area contributed by atoms with Gasteiger partial charge in [-0.25, -0.2) is 19.9 Å². The van der Waals surface area contributed by atoms with E-state index in [2.05, 4.69) is 33.1 Å². The molecule has 1 fully saturated rings. The highest BCUT2D eigenvalue weighted by atomic mass is 32.1. The number of anilines is 2. The van der Waals surface area contributed by atoms with Gasteiger partial charge in [-0.2, -0.15) is 0 Å². The number of thiophene rings is 1. The Morgan fingerprint density at radius 3 is 2.37 bits per heavy atom. The summed E-state index contributed by atoms with van der Waals surface area (Å²) in [6.45, 7) is 7.00. The van der Waals surface area contributed by atoms with E-state index in [4.69, 9.17) is 20.4 Å². The van der Waals surface area contributed by atoms with E-state index in [0.29, 0.717) is 19.0 Å². The summed E-state index contributed by atoms with van der Waals surface area (Å²) in [5.41, 5.74) is 7.55. The van der Waals surface area contributed by atoms with Crippen molar-refractivity contribution in [2.75, 3.05) is 36.9 Å². The molecule has 0 unspecified atom stereocenters. The topological polar surface area (TPSA) is 90.0 Å². The fraction of sp³-hybridized carbons (Fsp3) is 0.273. The molecule has 154 valence electrons. The first-order valence-corrected chi connectivity index (χ1v) is 10.9. The highest BCUT2D eigenvalue weighted by molar-refractivity contribution is 7.22. The van der Waals surface area contributed by atoms with Crippen LogP contribution in [0.4, 0.5) is 11.8 Å². The smallest absolute Gasteiger partial charge is 0.219 e. The van der Waals surface area contributed by atoms with Crippen molar-refractivity contribution < 1.29 is 4.74 Å². The number of hydrogen-bond donors (Lipinski definition) is 1. The summed E-state index contributed by atoms with van der Waals surface area (Å²) < 4.78 is 5.52. The minimum atomic E-state index is 0.237. The second-order valence-electron chi connectivity index (χ2n) is 6.50. The first kappa shape index (κ1) is 20.2. The summed E-state index contributed by atoms with van der Waals surface area (Å²) in [7, 11) is 0. The molecule has 0 saturated carbocycles. The Morgan fingerprint density at radius 1 is 0.967 bits per heavy atom. The number of morpholine rings is 1. The fourth-order valence-corrected chi connectivity index (χ4v) is 4.28. The van der Waals surface area contributed by atoms with Gasteiger partial charge in [0.05, 0.1) is 24.2 Å². The van der Waals surface area contributed by atoms with Crippen molar-refractivity contribution in [2.24, 2.45) is 0 Å². The molecule has 4 heterocycles. The Labute approximate surface area is 179 Å². The van der Waals surface area contributed by atoms with Crippen molar-refractivity contribution in [3.63, 3.8) is 0 Å². The highest BCUT2D eigenvalue weighted by Crippen LogP contribution is 2.37. The van der Waals surface area contributed by atoms with Gasteiger partial charge < -0.3 is 15.4 Å². The maximum absolute atomic E-state index is 5.63. The van der Waals surface area contributed by atoms with E-state index in [0.717, 1.165) is 34.7 Å². The van der Waals surface area contributed by atoms with Crippen molar-refractivity contribution >= 4 is 33.3 Å². The number of benzene rings is 1. The first-order valence-electron chi connectivity index (χ1n) is 10.1. The van der Waals surface area contributed by atoms with Crippen LogP contribution in [0.2, 0.25) is 0 Å². The van der Waals surface area contributed by atoms with Gasteiger partial charge in [-0.15, -0.1) is 11.3 Å². The van der Waals surface area contributed by atoms with Crippen molar-refractivity contribution in [2.45, 2.75) is 13.8 Å². The Bertz CT molecular complexity index is 1110. The van der Waals surface area contributed by atoms with Gasteiger partial charge in [0.1, 0.15) is 10.6 Å². The molecule has 8 heteroatoms. The molecule has 1 aromatic carbocycles. The lowest BCUT2D eigenvalue weighted by atomic mass is 10.2. The third-order valence-corrected chi connectivity index (χ3v) is 5.75. The molecular formula is C22H24N6OS. The van der Waals surface area contributed by atoms with Crippen LogP contribution in [0.3, 0.4) is 0 Å². The Morgan fingerprint density at radius 2 is 1.67 bits per heavy atom. The average Bonchev–Trinajstić information content (AvgIpc) is 3.26. The SMILES string of the molecule is CC.Nc1ncc(-c2nc(N3CCOCC3)c3cc(-c4ccccc4)sc3n2)cn1. The second-order valence-corrected chi connectivity index (χ2v) is 7.53. The van der Waals surface area contributed by atoms with Crippen LogP contribution in [-0.4, -0.2) is 46.2 Å². The Kier molecular flexibility index (Phi) is 6.15. The highest BCUT2D eigenvalue weighted by Gasteiger charge is 2.20. The summed E-state index contributed by atoms with van der Waals surface area (Å²) in [4.78, 5) is 22.2. The van der Waals surface area contributed by atoms with E-state index in [9.17, 15) is 0 Å². The molecule has 0 radical (unpaired) electrons. The lowest BCUT2D eigenvalue weighted by Crippen LogP contribution is -2.37. The number of hydrogen-bond acceptors (Lipinski definition) is 8. The van der Waals surface area contributed by atoms with Crippen LogP contribution in [0.25, 0.3) is 32.0 Å². The predicted molar refractivity (Wildman–Crippen MR) is 123 cm³/mol. The van der Waals surface area contributed by atoms with Crippen LogP contribution >= 0.6 is 11.3 Å². The monoisotopic (exact) mass is 420 g/mol. The van der Waals surface area contributed by atoms with E-state index in [1.807, 2.05) is 32.0 Å². The van der Waals surface area contributed by atoms with Crippen LogP contribution in [0.5, 0.6) is 0 Å². The van der Waals surface area contributed by atoms with Gasteiger partial charge in [0.15, 0.2) is 5.82 Å². The quantitative estimate of drug-likeness (QED) is 0.529. The van der Waals surface area contributed by atoms with E-state index in [1.165, 1.54) is 10.4 Å². The van der Waals surface area contributed by atoms with Gasteiger partial charge in [0.25, 0.3) is 0 Å². The molecule has 30 heavy (non-hydrogen) atoms. The van der Waals surface area contributed by atoms with Crippen molar-refractivity contribution in [1.29, 1.82) is 0 Å². The van der Waals surface area contributed by atoms with Gasteiger partial charge >= 0.3 is 0 Å². The van der Waals surface area contributed by atoms with Crippen LogP contribution in [0.15, 0.2) is 48.8 Å². The number of nitrogens with two attached hydrogens (primary N) is 1. The van der Waals surface area contributed by atoms with Gasteiger partial charge in [0.2, 0.25) is 5.95 Å². The van der Waals surface area contributed by atoms with Crippen molar-refractivity contribution in [3.05, 3.63) is 48.8 Å². The molecule has 1 aliphatic heterocycles. The van der Waals surface area contributed by atoms with Gasteiger partial charge in [0, 0.05) is 30.4 Å². The first-order chi connectivity index (χ1) is 14.8. The normalized spacial score (nSPS) is 13.7. The lowest BCUT2D eigenvalue weighted by molar-refractivity contribution is 0.122. The maximum Gasteiger partial charge on any atom is 0.219 e. The van der Waals surface area contributed by atoms with E-state index in [1.54, 1.807) is 23.7 Å². The molecule has 4 aromatic rings. The van der Waals surface area contributed by atoms with E-state index < -0.39 is 0 Å². The number of nitrogen functional groups attached to an aromatic ring is 1. The minimum absolute atomic E-state index is 0.237. The zero-order chi connectivity index (χ0) is 20.9. The molecule has 0 amide bonds. The summed E-state index contributed by atoms with van der Waals surface area (Å²) in [5, 5.41) is 1.06. The molecule has 0 aliphatic carbocycles. The van der Waals surface area contributed by atoms with Crippen molar-refractivity contribution in [3.8, 4) is 21.8 Å². The summed E-state index contributed by atoms with van der Waals surface area (Å²) in [5.74, 6) is 1.77. The summed E-state index contributed by atoms with van der Waals surface area (Å²) in [6, 6.07) is 12.5. The molecule has 2 N–H and O–H groups in total. The third kappa shape index (κ3) is 4.10. The van der Waals surface area contributed by atoms with Gasteiger partial charge in [-0.3, -0.25) is 0 Å². The molecule has 0 spiro atoms. The molecule has 0 atom stereocenters. The standard InChI is InChI=1S/C20H18N6OS.C2H6/c21-20-22-11-14(12-23-20)17-24-18(26-6-8-27-9-7-26)15-10-16(28-19(15)25-17)13-4-2-1-3-5-13;1-2/h1-5,10-12H,6-9H2,(H2,21,22,23);1-2H3. The Hall–Kier alpha value is -3.10. The second kappa shape index (κ2) is 9.15. The predicted octanol–water partition coefficient (Wildman–Crippen LogP) is 4.26. The van der Waals surface area contributed by atoms with E-state index in [-0.39, 0.29) is 5.95 Å². The molecule has 0 bridgehead atoms.